The van der Waals surface area contributed by atoms with Gasteiger partial charge in [-0.3, -0.25) is 9.80 Å². The molecule has 0 amide bonds. The molecule has 2 aromatic carbocycles. The number of fused-ring (bicyclic) bond motifs is 2. The first-order valence-corrected chi connectivity index (χ1v) is 10.5. The van der Waals surface area contributed by atoms with Crippen molar-refractivity contribution in [3.63, 3.8) is 0 Å². The lowest BCUT2D eigenvalue weighted by molar-refractivity contribution is 0.0342. The minimum Gasteiger partial charge on any atom is -0.493 e. The van der Waals surface area contributed by atoms with Gasteiger partial charge in [0.05, 0.1) is 20.3 Å². The van der Waals surface area contributed by atoms with E-state index in [1.807, 2.05) is 12.1 Å². The summed E-state index contributed by atoms with van der Waals surface area (Å²) >= 11 is 0. The van der Waals surface area contributed by atoms with Gasteiger partial charge in [-0.25, -0.2) is 0 Å². The van der Waals surface area contributed by atoms with Crippen molar-refractivity contribution in [1.29, 1.82) is 0 Å². The van der Waals surface area contributed by atoms with Gasteiger partial charge in [0.1, 0.15) is 12.4 Å². The van der Waals surface area contributed by atoms with Crippen LogP contribution in [0.5, 0.6) is 23.0 Å². The minimum atomic E-state index is 0.242. The highest BCUT2D eigenvalue weighted by Crippen LogP contribution is 2.42. The molecule has 2 aromatic rings. The van der Waals surface area contributed by atoms with E-state index in [0.717, 1.165) is 75.3 Å². The number of benzene rings is 2. The number of hydrogen-bond acceptors (Lipinski definition) is 7. The fourth-order valence-corrected chi connectivity index (χ4v) is 4.29. The van der Waals surface area contributed by atoms with Crippen molar-refractivity contribution in [2.24, 2.45) is 0 Å². The van der Waals surface area contributed by atoms with Crippen LogP contribution in [-0.4, -0.2) is 63.2 Å². The van der Waals surface area contributed by atoms with Gasteiger partial charge in [-0.15, -0.1) is 0 Å². The third-order valence-electron chi connectivity index (χ3n) is 5.82. The molecule has 0 N–H and O–H groups in total. The Kier molecular flexibility index (Phi) is 5.66. The molecule has 0 unspecified atom stereocenters. The van der Waals surface area contributed by atoms with Crippen LogP contribution in [0.3, 0.4) is 0 Å². The molecule has 3 aliphatic rings. The standard InChI is InChI=1S/C23H28N2O5/c1-26-21-11-18(12-22-23(21)30-16-29-22)14-25-6-9-28-20-3-2-17(10-19(20)15-25)13-24-4-7-27-8-5-24/h2-3,10-12H,4-9,13-16H2,1H3. The summed E-state index contributed by atoms with van der Waals surface area (Å²) in [5.41, 5.74) is 3.71. The van der Waals surface area contributed by atoms with E-state index in [9.17, 15) is 0 Å². The van der Waals surface area contributed by atoms with Gasteiger partial charge in [-0.2, -0.15) is 0 Å². The molecule has 0 saturated carbocycles. The zero-order valence-electron chi connectivity index (χ0n) is 17.4. The second kappa shape index (κ2) is 8.71. The van der Waals surface area contributed by atoms with Gasteiger partial charge in [0, 0.05) is 44.8 Å². The summed E-state index contributed by atoms with van der Waals surface area (Å²) in [7, 11) is 1.66. The maximum absolute atomic E-state index is 6.04. The Labute approximate surface area is 177 Å². The molecular weight excluding hydrogens is 384 g/mol. The summed E-state index contributed by atoms with van der Waals surface area (Å²) in [6.45, 7) is 8.01. The lowest BCUT2D eigenvalue weighted by atomic mass is 10.1. The molecule has 0 atom stereocenters. The van der Waals surface area contributed by atoms with Crippen LogP contribution in [0.2, 0.25) is 0 Å². The van der Waals surface area contributed by atoms with E-state index in [2.05, 4.69) is 28.0 Å². The van der Waals surface area contributed by atoms with E-state index in [4.69, 9.17) is 23.7 Å². The first kappa shape index (κ1) is 19.5. The minimum absolute atomic E-state index is 0.242. The van der Waals surface area contributed by atoms with E-state index >= 15 is 0 Å². The molecule has 0 aliphatic carbocycles. The van der Waals surface area contributed by atoms with Crippen LogP contribution >= 0.6 is 0 Å². The lowest BCUT2D eigenvalue weighted by Crippen LogP contribution is -2.35. The van der Waals surface area contributed by atoms with E-state index in [1.54, 1.807) is 7.11 Å². The lowest BCUT2D eigenvalue weighted by Gasteiger charge is -2.27. The number of ether oxygens (including phenoxy) is 5. The Morgan fingerprint density at radius 2 is 1.67 bits per heavy atom. The zero-order valence-corrected chi connectivity index (χ0v) is 17.4. The Hall–Kier alpha value is -2.48. The van der Waals surface area contributed by atoms with Crippen molar-refractivity contribution in [1.82, 2.24) is 9.80 Å². The Morgan fingerprint density at radius 1 is 0.833 bits per heavy atom. The second-order valence-corrected chi connectivity index (χ2v) is 7.92. The summed E-state index contributed by atoms with van der Waals surface area (Å²) in [6, 6.07) is 10.7. The predicted molar refractivity (Wildman–Crippen MR) is 111 cm³/mol. The number of nitrogens with zero attached hydrogens (tertiary/aromatic N) is 2. The summed E-state index contributed by atoms with van der Waals surface area (Å²) in [5, 5.41) is 0. The monoisotopic (exact) mass is 412 g/mol. The van der Waals surface area contributed by atoms with Crippen molar-refractivity contribution in [2.75, 3.05) is 53.4 Å². The zero-order chi connectivity index (χ0) is 20.3. The smallest absolute Gasteiger partial charge is 0.231 e. The van der Waals surface area contributed by atoms with Crippen LogP contribution in [0, 0.1) is 0 Å². The Morgan fingerprint density at radius 3 is 2.53 bits per heavy atom. The molecule has 30 heavy (non-hydrogen) atoms. The van der Waals surface area contributed by atoms with Crippen LogP contribution < -0.4 is 18.9 Å². The molecule has 5 rings (SSSR count). The van der Waals surface area contributed by atoms with E-state index in [-0.39, 0.29) is 6.79 Å². The van der Waals surface area contributed by atoms with E-state index in [0.29, 0.717) is 12.4 Å². The van der Waals surface area contributed by atoms with Gasteiger partial charge in [0.2, 0.25) is 12.5 Å². The fourth-order valence-electron chi connectivity index (χ4n) is 4.29. The first-order valence-electron chi connectivity index (χ1n) is 10.5. The molecule has 0 spiro atoms. The predicted octanol–water partition coefficient (Wildman–Crippen LogP) is 2.65. The summed E-state index contributed by atoms with van der Waals surface area (Å²) in [4.78, 5) is 4.85. The molecule has 3 heterocycles. The average molecular weight is 412 g/mol. The van der Waals surface area contributed by atoms with Crippen molar-refractivity contribution < 1.29 is 23.7 Å². The van der Waals surface area contributed by atoms with E-state index in [1.165, 1.54) is 11.1 Å². The van der Waals surface area contributed by atoms with Gasteiger partial charge in [-0.05, 0) is 35.4 Å². The molecule has 1 fully saturated rings. The number of methoxy groups -OCH3 is 1. The molecule has 0 aromatic heterocycles. The number of rotatable bonds is 5. The average Bonchev–Trinajstić information content (AvgIpc) is 3.15. The van der Waals surface area contributed by atoms with Crippen LogP contribution in [0.15, 0.2) is 30.3 Å². The van der Waals surface area contributed by atoms with Crippen LogP contribution in [0.1, 0.15) is 16.7 Å². The molecule has 0 radical (unpaired) electrons. The van der Waals surface area contributed by atoms with Crippen LogP contribution in [0.25, 0.3) is 0 Å². The van der Waals surface area contributed by atoms with Crippen molar-refractivity contribution in [3.05, 3.63) is 47.0 Å². The quantitative estimate of drug-likeness (QED) is 0.748. The molecule has 160 valence electrons. The molecule has 1 saturated heterocycles. The van der Waals surface area contributed by atoms with E-state index < -0.39 is 0 Å². The third kappa shape index (κ3) is 4.19. The highest BCUT2D eigenvalue weighted by Gasteiger charge is 2.22. The highest BCUT2D eigenvalue weighted by molar-refractivity contribution is 5.55. The van der Waals surface area contributed by atoms with Gasteiger partial charge in [0.15, 0.2) is 11.5 Å². The van der Waals surface area contributed by atoms with Crippen LogP contribution in [-0.2, 0) is 24.4 Å². The Bertz CT molecular complexity index is 897. The maximum Gasteiger partial charge on any atom is 0.231 e. The molecule has 7 nitrogen and oxygen atoms in total. The normalized spacial score (nSPS) is 19.1. The molecule has 0 bridgehead atoms. The van der Waals surface area contributed by atoms with Gasteiger partial charge in [-0.1, -0.05) is 6.07 Å². The third-order valence-corrected chi connectivity index (χ3v) is 5.82. The van der Waals surface area contributed by atoms with Gasteiger partial charge in [0.25, 0.3) is 0 Å². The summed E-state index contributed by atoms with van der Waals surface area (Å²) < 4.78 is 28.1. The van der Waals surface area contributed by atoms with Crippen LogP contribution in [0.4, 0.5) is 0 Å². The second-order valence-electron chi connectivity index (χ2n) is 7.92. The maximum atomic E-state index is 6.04. The van der Waals surface area contributed by atoms with Crippen molar-refractivity contribution in [2.45, 2.75) is 19.6 Å². The Balaban J connectivity index is 1.31. The van der Waals surface area contributed by atoms with Crippen molar-refractivity contribution >= 4 is 0 Å². The molecule has 7 heteroatoms. The topological polar surface area (TPSA) is 52.6 Å². The largest absolute Gasteiger partial charge is 0.493 e. The van der Waals surface area contributed by atoms with Gasteiger partial charge >= 0.3 is 0 Å². The highest BCUT2D eigenvalue weighted by atomic mass is 16.7. The summed E-state index contributed by atoms with van der Waals surface area (Å²) in [6.07, 6.45) is 0. The van der Waals surface area contributed by atoms with Gasteiger partial charge < -0.3 is 23.7 Å². The van der Waals surface area contributed by atoms with Crippen molar-refractivity contribution in [3.8, 4) is 23.0 Å². The SMILES string of the molecule is COc1cc(CN2CCOc3ccc(CN4CCOCC4)cc3C2)cc2c1OCO2. The first-order chi connectivity index (χ1) is 14.8. The molecular formula is C23H28N2O5. The number of hydrogen-bond donors (Lipinski definition) is 0. The summed E-state index contributed by atoms with van der Waals surface area (Å²) in [5.74, 6) is 3.16. The fraction of sp³-hybridized carbons (Fsp3) is 0.478. The molecule has 3 aliphatic heterocycles. The number of morpholine rings is 1.